The maximum Gasteiger partial charge on any atom is 0.228 e. The molecule has 30 heavy (non-hydrogen) atoms. The molecule has 1 saturated carbocycles. The molecule has 156 valence electrons. The van der Waals surface area contributed by atoms with Crippen molar-refractivity contribution >= 4 is 32.5 Å². The van der Waals surface area contributed by atoms with Gasteiger partial charge in [0, 0.05) is 30.6 Å². The summed E-state index contributed by atoms with van der Waals surface area (Å²) in [6, 6.07) is 13.3. The van der Waals surface area contributed by atoms with Gasteiger partial charge < -0.3 is 16.0 Å². The van der Waals surface area contributed by atoms with Crippen molar-refractivity contribution < 1.29 is 8.42 Å². The number of fused-ring (bicyclic) bond motifs is 2. The van der Waals surface area contributed by atoms with Crippen LogP contribution in [0.3, 0.4) is 0 Å². The third-order valence-corrected chi connectivity index (χ3v) is 7.71. The summed E-state index contributed by atoms with van der Waals surface area (Å²) in [5.74, 6) is 1.31. The van der Waals surface area contributed by atoms with Gasteiger partial charge in [0.25, 0.3) is 0 Å². The predicted molar refractivity (Wildman–Crippen MR) is 118 cm³/mol. The van der Waals surface area contributed by atoms with Gasteiger partial charge in [-0.3, -0.25) is 0 Å². The fraction of sp³-hybridized carbons (Fsp3) is 0.364. The molecule has 2 aliphatic rings. The monoisotopic (exact) mass is 423 g/mol. The molecule has 2 heterocycles. The number of nitrogens with zero attached hydrogens (tertiary/aromatic N) is 3. The molecule has 8 heteroatoms. The smallest absolute Gasteiger partial charge is 0.228 e. The molecule has 3 aromatic rings. The maximum atomic E-state index is 12.7. The SMILES string of the molecule is Cc1ccc2nc(N3CCS(=O)(=O)c4ccccc4C3)nc(NCC3(N)CC3)c2c1. The Morgan fingerprint density at radius 1 is 1.17 bits per heavy atom. The van der Waals surface area contributed by atoms with Gasteiger partial charge in [-0.15, -0.1) is 0 Å². The Bertz CT molecular complexity index is 1240. The van der Waals surface area contributed by atoms with Gasteiger partial charge in [-0.1, -0.05) is 29.8 Å². The number of sulfone groups is 1. The quantitative estimate of drug-likeness (QED) is 0.665. The molecule has 0 spiro atoms. The summed E-state index contributed by atoms with van der Waals surface area (Å²) in [5, 5.41) is 4.38. The van der Waals surface area contributed by atoms with Crippen molar-refractivity contribution in [2.45, 2.75) is 36.7 Å². The Balaban J connectivity index is 1.56. The second-order valence-corrected chi connectivity index (χ2v) is 10.5. The Hall–Kier alpha value is -2.71. The molecule has 0 atom stereocenters. The molecule has 0 bridgehead atoms. The molecule has 1 fully saturated rings. The Kier molecular flexibility index (Phi) is 4.44. The molecule has 2 aromatic carbocycles. The first kappa shape index (κ1) is 19.3. The van der Waals surface area contributed by atoms with Crippen LogP contribution in [0.1, 0.15) is 24.0 Å². The zero-order chi connectivity index (χ0) is 20.9. The highest BCUT2D eigenvalue weighted by Crippen LogP contribution is 2.33. The number of benzene rings is 2. The van der Waals surface area contributed by atoms with Crippen molar-refractivity contribution in [1.82, 2.24) is 9.97 Å². The normalized spacial score (nSPS) is 19.2. The molecule has 5 rings (SSSR count). The van der Waals surface area contributed by atoms with Gasteiger partial charge in [-0.2, -0.15) is 4.98 Å². The van der Waals surface area contributed by atoms with Crippen molar-refractivity contribution in [2.75, 3.05) is 29.1 Å². The highest BCUT2D eigenvalue weighted by atomic mass is 32.2. The zero-order valence-electron chi connectivity index (χ0n) is 16.9. The van der Waals surface area contributed by atoms with Crippen LogP contribution >= 0.6 is 0 Å². The lowest BCUT2D eigenvalue weighted by Gasteiger charge is -2.22. The van der Waals surface area contributed by atoms with E-state index < -0.39 is 9.84 Å². The second-order valence-electron chi connectivity index (χ2n) is 8.46. The first-order chi connectivity index (χ1) is 14.3. The maximum absolute atomic E-state index is 12.7. The van der Waals surface area contributed by atoms with Crippen LogP contribution in [0.15, 0.2) is 47.4 Å². The van der Waals surface area contributed by atoms with E-state index in [0.29, 0.717) is 30.5 Å². The summed E-state index contributed by atoms with van der Waals surface area (Å²) in [6.45, 7) is 3.49. The molecule has 3 N–H and O–H groups in total. The largest absolute Gasteiger partial charge is 0.368 e. The number of anilines is 2. The standard InChI is InChI=1S/C22H25N5O2S/c1-15-6-7-18-17(12-15)20(24-14-22(23)8-9-22)26-21(25-18)27-10-11-30(28,29)19-5-3-2-4-16(19)13-27/h2-7,12H,8-11,13-14,23H2,1H3,(H,24,25,26). The fourth-order valence-corrected chi connectivity index (χ4v) is 5.34. The first-order valence-corrected chi connectivity index (χ1v) is 11.9. The van der Waals surface area contributed by atoms with Crippen LogP contribution < -0.4 is 16.0 Å². The van der Waals surface area contributed by atoms with E-state index in [9.17, 15) is 8.42 Å². The molecular formula is C22H25N5O2S. The van der Waals surface area contributed by atoms with Crippen molar-refractivity contribution in [3.8, 4) is 0 Å². The van der Waals surface area contributed by atoms with Gasteiger partial charge >= 0.3 is 0 Å². The van der Waals surface area contributed by atoms with E-state index in [1.54, 1.807) is 12.1 Å². The topological polar surface area (TPSA) is 101 Å². The van der Waals surface area contributed by atoms with Crippen molar-refractivity contribution in [3.63, 3.8) is 0 Å². The van der Waals surface area contributed by atoms with Gasteiger partial charge in [-0.25, -0.2) is 13.4 Å². The first-order valence-electron chi connectivity index (χ1n) is 10.2. The van der Waals surface area contributed by atoms with E-state index in [1.807, 2.05) is 36.1 Å². The average Bonchev–Trinajstić information content (AvgIpc) is 3.48. The molecule has 0 amide bonds. The fourth-order valence-electron chi connectivity index (χ4n) is 3.84. The third-order valence-electron chi connectivity index (χ3n) is 5.92. The summed E-state index contributed by atoms with van der Waals surface area (Å²) in [4.78, 5) is 11.9. The lowest BCUT2D eigenvalue weighted by atomic mass is 10.1. The molecule has 1 aliphatic heterocycles. The molecule has 1 aliphatic carbocycles. The number of hydrogen-bond acceptors (Lipinski definition) is 7. The van der Waals surface area contributed by atoms with Crippen molar-refractivity contribution in [3.05, 3.63) is 53.6 Å². The van der Waals surface area contributed by atoms with Gasteiger partial charge in [0.15, 0.2) is 9.84 Å². The van der Waals surface area contributed by atoms with E-state index in [4.69, 9.17) is 15.7 Å². The number of aryl methyl sites for hydroxylation is 1. The molecule has 0 unspecified atom stereocenters. The Morgan fingerprint density at radius 2 is 1.97 bits per heavy atom. The second kappa shape index (κ2) is 6.92. The summed E-state index contributed by atoms with van der Waals surface area (Å²) in [5.41, 5.74) is 8.85. The average molecular weight is 424 g/mol. The molecule has 1 aromatic heterocycles. The highest BCUT2D eigenvalue weighted by Gasteiger charge is 2.38. The van der Waals surface area contributed by atoms with Crippen molar-refractivity contribution in [2.24, 2.45) is 5.73 Å². The summed E-state index contributed by atoms with van der Waals surface area (Å²) >= 11 is 0. The van der Waals surface area contributed by atoms with Crippen LogP contribution in [-0.4, -0.2) is 42.8 Å². The highest BCUT2D eigenvalue weighted by molar-refractivity contribution is 7.91. The zero-order valence-corrected chi connectivity index (χ0v) is 17.7. The molecular weight excluding hydrogens is 398 g/mol. The van der Waals surface area contributed by atoms with Crippen molar-refractivity contribution in [1.29, 1.82) is 0 Å². The van der Waals surface area contributed by atoms with E-state index in [2.05, 4.69) is 11.4 Å². The van der Waals surface area contributed by atoms with E-state index >= 15 is 0 Å². The minimum absolute atomic E-state index is 0.0357. The molecule has 0 saturated heterocycles. The van der Waals surface area contributed by atoms with Gasteiger partial charge in [0.05, 0.1) is 16.2 Å². The van der Waals surface area contributed by atoms with Gasteiger partial charge in [0.2, 0.25) is 5.95 Å². The van der Waals surface area contributed by atoms with Crippen LogP contribution in [0.25, 0.3) is 10.9 Å². The van der Waals surface area contributed by atoms with E-state index in [0.717, 1.165) is 40.7 Å². The van der Waals surface area contributed by atoms with Crippen LogP contribution in [0, 0.1) is 6.92 Å². The summed E-state index contributed by atoms with van der Waals surface area (Å²) in [7, 11) is -3.33. The molecule has 0 radical (unpaired) electrons. The number of aromatic nitrogens is 2. The Labute approximate surface area is 176 Å². The van der Waals surface area contributed by atoms with Crippen LogP contribution in [-0.2, 0) is 16.4 Å². The number of nitrogens with one attached hydrogen (secondary N) is 1. The lowest BCUT2D eigenvalue weighted by Crippen LogP contribution is -2.32. The van der Waals surface area contributed by atoms with Crippen LogP contribution in [0.2, 0.25) is 0 Å². The number of hydrogen-bond donors (Lipinski definition) is 2. The van der Waals surface area contributed by atoms with E-state index in [-0.39, 0.29) is 11.3 Å². The predicted octanol–water partition coefficient (Wildman–Crippen LogP) is 2.64. The van der Waals surface area contributed by atoms with Crippen LogP contribution in [0.4, 0.5) is 11.8 Å². The minimum Gasteiger partial charge on any atom is -0.368 e. The number of nitrogens with two attached hydrogens (primary N) is 1. The summed E-state index contributed by atoms with van der Waals surface area (Å²) in [6.07, 6.45) is 2.02. The van der Waals surface area contributed by atoms with Crippen LogP contribution in [0.5, 0.6) is 0 Å². The third kappa shape index (κ3) is 3.61. The number of rotatable bonds is 4. The van der Waals surface area contributed by atoms with E-state index in [1.165, 1.54) is 0 Å². The lowest BCUT2D eigenvalue weighted by molar-refractivity contribution is 0.596. The molecule has 7 nitrogen and oxygen atoms in total. The Morgan fingerprint density at radius 3 is 2.77 bits per heavy atom. The van der Waals surface area contributed by atoms with Gasteiger partial charge in [0.1, 0.15) is 5.82 Å². The van der Waals surface area contributed by atoms with Gasteiger partial charge in [-0.05, 0) is 43.5 Å². The minimum atomic E-state index is -3.33. The summed E-state index contributed by atoms with van der Waals surface area (Å²) < 4.78 is 25.4.